The van der Waals surface area contributed by atoms with Crippen LogP contribution in [0.25, 0.3) is 0 Å². The number of aldehydes is 1. The first-order valence-corrected chi connectivity index (χ1v) is 10.0. The van der Waals surface area contributed by atoms with Gasteiger partial charge in [-0.25, -0.2) is 9.36 Å². The summed E-state index contributed by atoms with van der Waals surface area (Å²) < 4.78 is 21.5. The number of aliphatic hydroxyl groups is 6. The zero-order valence-corrected chi connectivity index (χ0v) is 16.6. The summed E-state index contributed by atoms with van der Waals surface area (Å²) in [5, 5.41) is 53.0. The van der Waals surface area contributed by atoms with Crippen LogP contribution < -0.4 is 11.4 Å². The van der Waals surface area contributed by atoms with E-state index in [4.69, 9.17) is 45.8 Å². The molecule has 1 fully saturated rings. The predicted molar refractivity (Wildman–Crippen MR) is 98.0 cm³/mol. The van der Waals surface area contributed by atoms with Crippen LogP contribution in [0.3, 0.4) is 0 Å². The predicted octanol–water partition coefficient (Wildman–Crippen LogP) is -5.19. The largest absolute Gasteiger partial charge is 0.470 e. The fourth-order valence-corrected chi connectivity index (χ4v) is 2.95. The van der Waals surface area contributed by atoms with Gasteiger partial charge in [-0.2, -0.15) is 4.98 Å². The maximum absolute atomic E-state index is 11.7. The Bertz CT molecular complexity index is 817. The number of nitrogens with zero attached hydrogens (tertiary/aromatic N) is 2. The van der Waals surface area contributed by atoms with Crippen LogP contribution in [0.5, 0.6) is 0 Å². The summed E-state index contributed by atoms with van der Waals surface area (Å²) >= 11 is 0. The minimum absolute atomic E-state index is 0.0547. The first-order valence-electron chi connectivity index (χ1n) is 8.49. The number of nitrogen functional groups attached to an aromatic ring is 1. The van der Waals surface area contributed by atoms with Crippen molar-refractivity contribution in [2.75, 3.05) is 18.9 Å². The SMILES string of the molecule is Nc1ccn([C@@H]2O[C@H](CO)[C@@H](O)[C@H]2OP(=O)(O)O)c(=O)n1.O=CC(O)C(O)C(O)CO. The van der Waals surface area contributed by atoms with Crippen molar-refractivity contribution in [1.29, 1.82) is 0 Å². The number of ether oxygens (including phenoxy) is 1. The Balaban J connectivity index is 0.000000407. The number of carbonyl (C=O) groups is 1. The summed E-state index contributed by atoms with van der Waals surface area (Å²) in [5.41, 5.74) is 4.48. The lowest BCUT2D eigenvalue weighted by Crippen LogP contribution is -2.40. The van der Waals surface area contributed by atoms with E-state index in [1.165, 1.54) is 12.3 Å². The summed E-state index contributed by atoms with van der Waals surface area (Å²) in [6.45, 7) is -1.32. The molecule has 0 saturated carbocycles. The molecule has 1 aliphatic heterocycles. The van der Waals surface area contributed by atoms with Crippen LogP contribution in [-0.4, -0.2) is 106 Å². The number of aliphatic hydroxyl groups excluding tert-OH is 6. The number of rotatable bonds is 8. The normalized spacial score (nSPS) is 26.5. The zero-order chi connectivity index (χ0) is 23.9. The van der Waals surface area contributed by atoms with Crippen LogP contribution in [0.4, 0.5) is 5.82 Å². The number of aromatic nitrogens is 2. The molecular weight excluding hydrogens is 449 g/mol. The van der Waals surface area contributed by atoms with Crippen molar-refractivity contribution in [2.24, 2.45) is 0 Å². The van der Waals surface area contributed by atoms with Gasteiger partial charge in [0.15, 0.2) is 12.5 Å². The lowest BCUT2D eigenvalue weighted by Gasteiger charge is -2.22. The number of anilines is 1. The average Bonchev–Trinajstić information content (AvgIpc) is 3.00. The van der Waals surface area contributed by atoms with Crippen LogP contribution in [-0.2, 0) is 18.6 Å². The van der Waals surface area contributed by atoms with Crippen molar-refractivity contribution in [3.63, 3.8) is 0 Å². The Morgan fingerprint density at radius 2 is 1.94 bits per heavy atom. The smallest absolute Gasteiger partial charge is 0.394 e. The average molecular weight is 473 g/mol. The lowest BCUT2D eigenvalue weighted by atomic mass is 10.1. The van der Waals surface area contributed by atoms with Crippen molar-refractivity contribution in [3.8, 4) is 0 Å². The van der Waals surface area contributed by atoms with Gasteiger partial charge in [0.25, 0.3) is 0 Å². The molecule has 16 nitrogen and oxygen atoms in total. The Morgan fingerprint density at radius 3 is 2.39 bits per heavy atom. The highest BCUT2D eigenvalue weighted by atomic mass is 31.2. The number of nitrogens with two attached hydrogens (primary N) is 1. The van der Waals surface area contributed by atoms with Crippen LogP contribution in [0, 0.1) is 0 Å². The Kier molecular flexibility index (Phi) is 10.3. The highest BCUT2D eigenvalue weighted by Crippen LogP contribution is 2.44. The molecule has 3 unspecified atom stereocenters. The summed E-state index contributed by atoms with van der Waals surface area (Å²) in [4.78, 5) is 42.7. The molecule has 0 aromatic carbocycles. The number of carbonyl (C=O) groups excluding carboxylic acids is 1. The molecule has 0 aliphatic carbocycles. The van der Waals surface area contributed by atoms with E-state index in [0.717, 1.165) is 4.57 Å². The Hall–Kier alpha value is -1.82. The van der Waals surface area contributed by atoms with E-state index in [2.05, 4.69) is 9.51 Å². The number of hydrogen-bond acceptors (Lipinski definition) is 13. The fraction of sp³-hybridized carbons (Fsp3) is 0.643. The van der Waals surface area contributed by atoms with Crippen LogP contribution in [0.15, 0.2) is 17.1 Å². The fourth-order valence-electron chi connectivity index (χ4n) is 2.40. The van der Waals surface area contributed by atoms with E-state index in [1.54, 1.807) is 0 Å². The zero-order valence-electron chi connectivity index (χ0n) is 15.7. The third-order valence-electron chi connectivity index (χ3n) is 3.95. The van der Waals surface area contributed by atoms with Crippen molar-refractivity contribution >= 4 is 19.9 Å². The van der Waals surface area contributed by atoms with Crippen LogP contribution >= 0.6 is 7.82 Å². The van der Waals surface area contributed by atoms with E-state index in [-0.39, 0.29) is 12.1 Å². The topological polar surface area (TPSA) is 275 Å². The number of hydrogen-bond donors (Lipinski definition) is 9. The van der Waals surface area contributed by atoms with Crippen molar-refractivity contribution in [3.05, 3.63) is 22.7 Å². The van der Waals surface area contributed by atoms with Crippen molar-refractivity contribution < 1.29 is 59.0 Å². The molecule has 7 atom stereocenters. The van der Waals surface area contributed by atoms with Gasteiger partial charge < -0.3 is 55.7 Å². The molecule has 2 heterocycles. The van der Waals surface area contributed by atoms with Crippen LogP contribution in [0.2, 0.25) is 0 Å². The summed E-state index contributed by atoms with van der Waals surface area (Å²) in [5.74, 6) is -0.0547. The number of phosphoric ester groups is 1. The molecule has 178 valence electrons. The quantitative estimate of drug-likeness (QED) is 0.126. The summed E-state index contributed by atoms with van der Waals surface area (Å²) in [7, 11) is -4.95. The van der Waals surface area contributed by atoms with Gasteiger partial charge in [-0.3, -0.25) is 9.09 Å². The molecule has 31 heavy (non-hydrogen) atoms. The Labute approximate surface area is 174 Å². The second-order valence-corrected chi connectivity index (χ2v) is 7.40. The molecule has 1 aromatic heterocycles. The number of phosphoric acid groups is 1. The van der Waals surface area contributed by atoms with Gasteiger partial charge in [0.05, 0.1) is 13.2 Å². The molecule has 1 saturated heterocycles. The Morgan fingerprint density at radius 1 is 1.32 bits per heavy atom. The maximum atomic E-state index is 11.7. The molecule has 0 spiro atoms. The van der Waals surface area contributed by atoms with Crippen LogP contribution in [0.1, 0.15) is 6.23 Å². The standard InChI is InChI=1S/C9H14N3O8P.C5H10O5/c10-5-1-2-12(9(15)11-5)8-7(20-21(16,17)18)6(14)4(3-13)19-8;6-1-3(8)5(10)4(9)2-7/h1-2,4,6-8,13-14H,3H2,(H2,10,11,15)(H2,16,17,18);1,3-5,7-10H,2H2/t4-,6-,7-,8-;/m1./s1. The molecule has 0 amide bonds. The molecule has 1 aliphatic rings. The van der Waals surface area contributed by atoms with E-state index in [1.807, 2.05) is 0 Å². The van der Waals surface area contributed by atoms with E-state index in [9.17, 15) is 19.3 Å². The van der Waals surface area contributed by atoms with Gasteiger partial charge in [0.1, 0.15) is 42.4 Å². The molecule has 2 rings (SSSR count). The van der Waals surface area contributed by atoms with Gasteiger partial charge in [0, 0.05) is 6.20 Å². The molecule has 10 N–H and O–H groups in total. The van der Waals surface area contributed by atoms with Gasteiger partial charge in [-0.1, -0.05) is 0 Å². The third-order valence-corrected chi connectivity index (χ3v) is 4.47. The minimum Gasteiger partial charge on any atom is -0.394 e. The van der Waals surface area contributed by atoms with E-state index < -0.39 is 69.6 Å². The molecule has 17 heteroatoms. The monoisotopic (exact) mass is 473 g/mol. The second kappa shape index (κ2) is 11.7. The first-order chi connectivity index (χ1) is 14.4. The van der Waals surface area contributed by atoms with Gasteiger partial charge >= 0.3 is 13.5 Å². The van der Waals surface area contributed by atoms with Gasteiger partial charge in [0.2, 0.25) is 0 Å². The third kappa shape index (κ3) is 7.67. The molecule has 0 bridgehead atoms. The van der Waals surface area contributed by atoms with E-state index >= 15 is 0 Å². The molecule has 1 aromatic rings. The molecular formula is C14H24N3O13P. The summed E-state index contributed by atoms with van der Waals surface area (Å²) in [6.07, 6.45) is -9.10. The van der Waals surface area contributed by atoms with E-state index in [0.29, 0.717) is 0 Å². The minimum atomic E-state index is -4.95. The van der Waals surface area contributed by atoms with Crippen molar-refractivity contribution in [2.45, 2.75) is 42.9 Å². The summed E-state index contributed by atoms with van der Waals surface area (Å²) in [6, 6.07) is 1.26. The van der Waals surface area contributed by atoms with Gasteiger partial charge in [-0.05, 0) is 6.07 Å². The molecule has 0 radical (unpaired) electrons. The highest BCUT2D eigenvalue weighted by molar-refractivity contribution is 7.46. The first kappa shape index (κ1) is 27.2. The van der Waals surface area contributed by atoms with Gasteiger partial charge in [-0.15, -0.1) is 0 Å². The van der Waals surface area contributed by atoms with Crippen molar-refractivity contribution in [1.82, 2.24) is 9.55 Å². The lowest BCUT2D eigenvalue weighted by molar-refractivity contribution is -0.127. The maximum Gasteiger partial charge on any atom is 0.470 e. The highest BCUT2D eigenvalue weighted by Gasteiger charge is 2.48. The second-order valence-electron chi connectivity index (χ2n) is 6.21.